The molecule has 0 unspecified atom stereocenters. The minimum Gasteiger partial charge on any atom is -0.366 e. The average molecular weight is 425 g/mol. The number of pyridine rings is 1. The van der Waals surface area contributed by atoms with Crippen LogP contribution in [0.4, 0.5) is 5.82 Å². The van der Waals surface area contributed by atoms with E-state index >= 15 is 0 Å². The molecule has 6 nitrogen and oxygen atoms in total. The molecule has 3 aliphatic rings. The van der Waals surface area contributed by atoms with Crippen LogP contribution in [0.25, 0.3) is 0 Å². The Balaban J connectivity index is 1.27. The van der Waals surface area contributed by atoms with Crippen molar-refractivity contribution in [2.75, 3.05) is 4.90 Å². The number of nitrogens with zero attached hydrogens (tertiary/aromatic N) is 2. The molecule has 3 fully saturated rings. The molecule has 0 spiro atoms. The first-order valence-corrected chi connectivity index (χ1v) is 11.0. The second-order valence-corrected chi connectivity index (χ2v) is 9.23. The molecule has 3 atom stereocenters. The number of halogens is 1. The molecule has 0 radical (unpaired) electrons. The highest BCUT2D eigenvalue weighted by molar-refractivity contribution is 6.30. The molecular formula is C23H25ClN4O2. The molecule has 3 N–H and O–H groups in total. The van der Waals surface area contributed by atoms with E-state index in [0.717, 1.165) is 49.9 Å². The summed E-state index contributed by atoms with van der Waals surface area (Å²) in [5, 5.41) is 4.02. The van der Waals surface area contributed by atoms with E-state index in [1.54, 1.807) is 12.3 Å². The highest BCUT2D eigenvalue weighted by Crippen LogP contribution is 2.49. The van der Waals surface area contributed by atoms with E-state index in [-0.39, 0.29) is 11.9 Å². The molecule has 1 aromatic heterocycles. The van der Waals surface area contributed by atoms with Crippen molar-refractivity contribution in [1.82, 2.24) is 10.3 Å². The number of piperidine rings is 1. The number of primary amides is 1. The number of benzene rings is 1. The van der Waals surface area contributed by atoms with Crippen molar-refractivity contribution >= 4 is 29.2 Å². The fourth-order valence-electron chi connectivity index (χ4n) is 5.24. The van der Waals surface area contributed by atoms with Gasteiger partial charge in [-0.3, -0.25) is 9.59 Å². The maximum Gasteiger partial charge on any atom is 0.250 e. The summed E-state index contributed by atoms with van der Waals surface area (Å²) in [4.78, 5) is 31.3. The molecule has 156 valence electrons. The number of aromatic nitrogens is 1. The van der Waals surface area contributed by atoms with E-state index in [2.05, 4.69) is 15.2 Å². The van der Waals surface area contributed by atoms with Gasteiger partial charge in [-0.25, -0.2) is 4.98 Å². The molecule has 5 rings (SSSR count). The molecule has 2 aliphatic heterocycles. The van der Waals surface area contributed by atoms with Gasteiger partial charge in [0, 0.05) is 29.3 Å². The number of carbonyl (C=O) groups is 2. The Morgan fingerprint density at radius 3 is 2.43 bits per heavy atom. The summed E-state index contributed by atoms with van der Waals surface area (Å²) in [6, 6.07) is 12.2. The van der Waals surface area contributed by atoms with E-state index in [1.807, 2.05) is 30.3 Å². The summed E-state index contributed by atoms with van der Waals surface area (Å²) in [5.74, 6) is 0.550. The Morgan fingerprint density at radius 2 is 1.87 bits per heavy atom. The number of hydrogen-bond donors (Lipinski definition) is 2. The van der Waals surface area contributed by atoms with Gasteiger partial charge in [0.15, 0.2) is 0 Å². The van der Waals surface area contributed by atoms with Gasteiger partial charge in [0.1, 0.15) is 5.82 Å². The third-order valence-corrected chi connectivity index (χ3v) is 7.16. The summed E-state index contributed by atoms with van der Waals surface area (Å²) in [6.45, 7) is 0. The van der Waals surface area contributed by atoms with Crippen molar-refractivity contribution in [3.05, 3.63) is 58.7 Å². The monoisotopic (exact) mass is 424 g/mol. The third kappa shape index (κ3) is 3.33. The molecular weight excluding hydrogens is 400 g/mol. The SMILES string of the molecule is NC(=O)c1ccc(N2[C@@H]3CC[C@H]2C[C@@H](NC(=O)C2(c4cccc(Cl)c4)CC2)C3)nc1. The van der Waals surface area contributed by atoms with Gasteiger partial charge in [-0.2, -0.15) is 0 Å². The molecule has 2 aromatic rings. The predicted molar refractivity (Wildman–Crippen MR) is 116 cm³/mol. The van der Waals surface area contributed by atoms with Crippen molar-refractivity contribution in [2.24, 2.45) is 5.73 Å². The number of hydrogen-bond acceptors (Lipinski definition) is 4. The van der Waals surface area contributed by atoms with Crippen LogP contribution in [0.2, 0.25) is 5.02 Å². The zero-order valence-corrected chi connectivity index (χ0v) is 17.4. The molecule has 2 saturated heterocycles. The number of fused-ring (bicyclic) bond motifs is 2. The Labute approximate surface area is 180 Å². The number of rotatable bonds is 5. The number of carbonyl (C=O) groups excluding carboxylic acids is 2. The molecule has 1 aliphatic carbocycles. The van der Waals surface area contributed by atoms with Crippen molar-refractivity contribution in [3.63, 3.8) is 0 Å². The van der Waals surface area contributed by atoms with E-state index in [4.69, 9.17) is 17.3 Å². The highest BCUT2D eigenvalue weighted by Gasteiger charge is 2.52. The van der Waals surface area contributed by atoms with E-state index in [9.17, 15) is 9.59 Å². The van der Waals surface area contributed by atoms with E-state index in [1.165, 1.54) is 0 Å². The van der Waals surface area contributed by atoms with Crippen LogP contribution in [0.5, 0.6) is 0 Å². The van der Waals surface area contributed by atoms with Crippen LogP contribution in [0.3, 0.4) is 0 Å². The Kier molecular flexibility index (Phi) is 4.69. The van der Waals surface area contributed by atoms with Crippen LogP contribution in [0, 0.1) is 0 Å². The first kappa shape index (κ1) is 19.4. The molecule has 2 bridgehead atoms. The zero-order chi connectivity index (χ0) is 20.9. The van der Waals surface area contributed by atoms with Crippen LogP contribution in [0.15, 0.2) is 42.6 Å². The Bertz CT molecular complexity index is 975. The number of anilines is 1. The van der Waals surface area contributed by atoms with Crippen LogP contribution < -0.4 is 16.0 Å². The quantitative estimate of drug-likeness (QED) is 0.771. The lowest BCUT2D eigenvalue weighted by Gasteiger charge is -2.40. The Hall–Kier alpha value is -2.60. The van der Waals surface area contributed by atoms with Crippen molar-refractivity contribution in [2.45, 2.75) is 62.1 Å². The Morgan fingerprint density at radius 1 is 1.13 bits per heavy atom. The van der Waals surface area contributed by atoms with Gasteiger partial charge in [-0.05, 0) is 68.4 Å². The van der Waals surface area contributed by atoms with Gasteiger partial charge in [-0.15, -0.1) is 0 Å². The van der Waals surface area contributed by atoms with Crippen LogP contribution >= 0.6 is 11.6 Å². The fourth-order valence-corrected chi connectivity index (χ4v) is 5.43. The second kappa shape index (κ2) is 7.27. The van der Waals surface area contributed by atoms with E-state index < -0.39 is 11.3 Å². The summed E-state index contributed by atoms with van der Waals surface area (Å²) < 4.78 is 0. The van der Waals surface area contributed by atoms with Gasteiger partial charge in [0.05, 0.1) is 11.0 Å². The van der Waals surface area contributed by atoms with Gasteiger partial charge >= 0.3 is 0 Å². The zero-order valence-electron chi connectivity index (χ0n) is 16.7. The topological polar surface area (TPSA) is 88.3 Å². The standard InChI is InChI=1S/C23H25ClN4O2/c24-16-3-1-2-15(10-16)23(8-9-23)22(30)27-17-11-18-5-6-19(12-17)28(18)20-7-4-14(13-26-20)21(25)29/h1-4,7,10,13,17-19H,5-6,8-9,11-12H2,(H2,25,29)(H,27,30)/t17-,18+,19-. The van der Waals surface area contributed by atoms with Gasteiger partial charge < -0.3 is 16.0 Å². The maximum atomic E-state index is 13.2. The minimum absolute atomic E-state index is 0.131. The molecule has 30 heavy (non-hydrogen) atoms. The van der Waals surface area contributed by atoms with Crippen molar-refractivity contribution < 1.29 is 9.59 Å². The lowest BCUT2D eigenvalue weighted by Crippen LogP contribution is -2.52. The minimum atomic E-state index is -0.466. The summed E-state index contributed by atoms with van der Waals surface area (Å²) in [6.07, 6.45) is 7.31. The predicted octanol–water partition coefficient (Wildman–Crippen LogP) is 3.18. The summed E-state index contributed by atoms with van der Waals surface area (Å²) in [7, 11) is 0. The molecule has 2 amide bonds. The number of nitrogens with one attached hydrogen (secondary N) is 1. The first-order valence-electron chi connectivity index (χ1n) is 10.6. The van der Waals surface area contributed by atoms with Gasteiger partial charge in [-0.1, -0.05) is 23.7 Å². The van der Waals surface area contributed by atoms with Crippen LogP contribution in [-0.2, 0) is 10.2 Å². The third-order valence-electron chi connectivity index (χ3n) is 6.93. The number of amides is 2. The average Bonchev–Trinajstić information content (AvgIpc) is 3.50. The van der Waals surface area contributed by atoms with Gasteiger partial charge in [0.25, 0.3) is 0 Å². The summed E-state index contributed by atoms with van der Waals surface area (Å²) in [5.41, 5.74) is 6.36. The maximum absolute atomic E-state index is 13.2. The van der Waals surface area contributed by atoms with Gasteiger partial charge in [0.2, 0.25) is 11.8 Å². The fraction of sp³-hybridized carbons (Fsp3) is 0.435. The molecule has 3 heterocycles. The number of nitrogens with two attached hydrogens (primary N) is 1. The molecule has 7 heteroatoms. The van der Waals surface area contributed by atoms with Crippen LogP contribution in [0.1, 0.15) is 54.4 Å². The first-order chi connectivity index (χ1) is 14.5. The lowest BCUT2D eigenvalue weighted by atomic mass is 9.92. The lowest BCUT2D eigenvalue weighted by molar-refractivity contribution is -0.124. The largest absolute Gasteiger partial charge is 0.366 e. The molecule has 1 aromatic carbocycles. The normalized spacial score (nSPS) is 26.3. The van der Waals surface area contributed by atoms with Crippen molar-refractivity contribution in [3.8, 4) is 0 Å². The van der Waals surface area contributed by atoms with E-state index in [0.29, 0.717) is 22.7 Å². The van der Waals surface area contributed by atoms with Crippen molar-refractivity contribution in [1.29, 1.82) is 0 Å². The molecule has 1 saturated carbocycles. The highest BCUT2D eigenvalue weighted by atomic mass is 35.5. The summed E-state index contributed by atoms with van der Waals surface area (Å²) >= 11 is 6.15. The second-order valence-electron chi connectivity index (χ2n) is 8.80. The smallest absolute Gasteiger partial charge is 0.250 e. The van der Waals surface area contributed by atoms with Crippen LogP contribution in [-0.4, -0.2) is 34.9 Å².